The molecule has 6 heteroatoms. The molecule has 0 spiro atoms. The van der Waals surface area contributed by atoms with E-state index >= 15 is 0 Å². The van der Waals surface area contributed by atoms with Crippen LogP contribution in [0.5, 0.6) is 11.5 Å². The highest BCUT2D eigenvalue weighted by Crippen LogP contribution is 2.41. The second-order valence-electron chi connectivity index (χ2n) is 7.23. The van der Waals surface area contributed by atoms with Crippen LogP contribution in [0.3, 0.4) is 0 Å². The van der Waals surface area contributed by atoms with Gasteiger partial charge in [0.2, 0.25) is 0 Å². The zero-order valence-corrected chi connectivity index (χ0v) is 17.1. The molecule has 1 aliphatic heterocycles. The standard InChI is InChI=1S/C21H32N2O4/c1-6-14(2)18(20(24)23-10-8-7-9-11-23)21(3,25)15-12-16(22)19(27-5)17(13-15)26-4/h12-13,25H,6-11,22H2,1-5H3/b18-14+. The number of anilines is 1. The fourth-order valence-corrected chi connectivity index (χ4v) is 3.66. The van der Waals surface area contributed by atoms with Crippen molar-refractivity contribution in [3.05, 3.63) is 28.8 Å². The third-order valence-corrected chi connectivity index (χ3v) is 5.37. The Bertz CT molecular complexity index is 719. The Morgan fingerprint density at radius 1 is 1.22 bits per heavy atom. The lowest BCUT2D eigenvalue weighted by atomic mass is 9.83. The van der Waals surface area contributed by atoms with Crippen LogP contribution in [0.25, 0.3) is 0 Å². The zero-order valence-electron chi connectivity index (χ0n) is 17.1. The Morgan fingerprint density at radius 3 is 2.37 bits per heavy atom. The predicted molar refractivity (Wildman–Crippen MR) is 107 cm³/mol. The Morgan fingerprint density at radius 2 is 1.85 bits per heavy atom. The number of aliphatic hydroxyl groups is 1. The van der Waals surface area contributed by atoms with Gasteiger partial charge >= 0.3 is 0 Å². The summed E-state index contributed by atoms with van der Waals surface area (Å²) >= 11 is 0. The minimum absolute atomic E-state index is 0.104. The van der Waals surface area contributed by atoms with Crippen molar-refractivity contribution in [2.75, 3.05) is 33.0 Å². The van der Waals surface area contributed by atoms with Gasteiger partial charge in [0.25, 0.3) is 5.91 Å². The average molecular weight is 376 g/mol. The largest absolute Gasteiger partial charge is 0.493 e. The molecule has 0 bridgehead atoms. The van der Waals surface area contributed by atoms with Crippen molar-refractivity contribution in [2.45, 2.75) is 52.1 Å². The highest BCUT2D eigenvalue weighted by atomic mass is 16.5. The van der Waals surface area contributed by atoms with E-state index in [1.807, 2.05) is 18.7 Å². The molecule has 1 aromatic rings. The molecule has 1 unspecified atom stereocenters. The molecule has 3 N–H and O–H groups in total. The Labute approximate surface area is 161 Å². The first-order chi connectivity index (χ1) is 12.8. The molecule has 0 radical (unpaired) electrons. The second-order valence-corrected chi connectivity index (χ2v) is 7.23. The van der Waals surface area contributed by atoms with Crippen molar-refractivity contribution in [1.29, 1.82) is 0 Å². The number of carbonyl (C=O) groups is 1. The van der Waals surface area contributed by atoms with Gasteiger partial charge in [0, 0.05) is 13.1 Å². The number of hydrogen-bond donors (Lipinski definition) is 2. The maximum Gasteiger partial charge on any atom is 0.252 e. The van der Waals surface area contributed by atoms with E-state index in [-0.39, 0.29) is 5.91 Å². The molecule has 1 heterocycles. The maximum atomic E-state index is 13.3. The Kier molecular flexibility index (Phi) is 6.76. The number of amides is 1. The fourth-order valence-electron chi connectivity index (χ4n) is 3.66. The molecule has 6 nitrogen and oxygen atoms in total. The molecule has 0 aromatic heterocycles. The number of nitrogens with two attached hydrogens (primary N) is 1. The number of nitrogen functional groups attached to an aromatic ring is 1. The van der Waals surface area contributed by atoms with Crippen LogP contribution in [0.1, 0.15) is 52.0 Å². The molecular weight excluding hydrogens is 344 g/mol. The summed E-state index contributed by atoms with van der Waals surface area (Å²) in [7, 11) is 3.03. The van der Waals surface area contributed by atoms with E-state index < -0.39 is 5.60 Å². The first-order valence-corrected chi connectivity index (χ1v) is 9.51. The van der Waals surface area contributed by atoms with Gasteiger partial charge in [0.05, 0.1) is 25.5 Å². The highest BCUT2D eigenvalue weighted by molar-refractivity contribution is 5.96. The number of likely N-dealkylation sites (tertiary alicyclic amines) is 1. The number of nitrogens with zero attached hydrogens (tertiary/aromatic N) is 1. The van der Waals surface area contributed by atoms with Crippen LogP contribution in [0, 0.1) is 0 Å². The fraction of sp³-hybridized carbons (Fsp3) is 0.571. The van der Waals surface area contributed by atoms with Gasteiger partial charge < -0.3 is 25.2 Å². The monoisotopic (exact) mass is 376 g/mol. The molecule has 27 heavy (non-hydrogen) atoms. The third-order valence-electron chi connectivity index (χ3n) is 5.37. The van der Waals surface area contributed by atoms with Crippen molar-refractivity contribution < 1.29 is 19.4 Å². The number of piperidine rings is 1. The Balaban J connectivity index is 2.55. The van der Waals surface area contributed by atoms with E-state index in [9.17, 15) is 9.90 Å². The first-order valence-electron chi connectivity index (χ1n) is 9.51. The normalized spacial score (nSPS) is 17.8. The van der Waals surface area contributed by atoms with Crippen LogP contribution in [-0.2, 0) is 10.4 Å². The summed E-state index contributed by atoms with van der Waals surface area (Å²) in [5.74, 6) is 0.733. The molecule has 0 aliphatic carbocycles. The van der Waals surface area contributed by atoms with Crippen LogP contribution in [0.15, 0.2) is 23.3 Å². The molecule has 0 saturated carbocycles. The summed E-state index contributed by atoms with van der Waals surface area (Å²) in [6.07, 6.45) is 3.80. The van der Waals surface area contributed by atoms with Crippen LogP contribution in [0.2, 0.25) is 0 Å². The second kappa shape index (κ2) is 8.65. The topological polar surface area (TPSA) is 85.0 Å². The predicted octanol–water partition coefficient (Wildman–Crippen LogP) is 3.23. The van der Waals surface area contributed by atoms with Crippen molar-refractivity contribution in [3.8, 4) is 11.5 Å². The molecule has 1 saturated heterocycles. The molecule has 1 atom stereocenters. The van der Waals surface area contributed by atoms with Crippen LogP contribution in [0.4, 0.5) is 5.69 Å². The number of allylic oxidation sites excluding steroid dienone is 1. The lowest BCUT2D eigenvalue weighted by molar-refractivity contribution is -0.130. The summed E-state index contributed by atoms with van der Waals surface area (Å²) in [6, 6.07) is 3.33. The molecule has 1 fully saturated rings. The lowest BCUT2D eigenvalue weighted by Crippen LogP contribution is -2.42. The smallest absolute Gasteiger partial charge is 0.252 e. The van der Waals surface area contributed by atoms with Crippen LogP contribution < -0.4 is 15.2 Å². The number of benzene rings is 1. The molecule has 1 aliphatic rings. The number of rotatable bonds is 6. The summed E-state index contributed by atoms with van der Waals surface area (Å²) < 4.78 is 10.7. The number of ether oxygens (including phenoxy) is 2. The molecule has 1 amide bonds. The van der Waals surface area contributed by atoms with Crippen LogP contribution in [-0.4, -0.2) is 43.2 Å². The summed E-state index contributed by atoms with van der Waals surface area (Å²) in [6.45, 7) is 6.98. The summed E-state index contributed by atoms with van der Waals surface area (Å²) in [4.78, 5) is 15.1. The molecule has 1 aromatic carbocycles. The van der Waals surface area contributed by atoms with E-state index in [0.717, 1.165) is 37.9 Å². The van der Waals surface area contributed by atoms with Gasteiger partial charge in [-0.25, -0.2) is 0 Å². The van der Waals surface area contributed by atoms with E-state index in [1.54, 1.807) is 19.1 Å². The quantitative estimate of drug-likeness (QED) is 0.588. The van der Waals surface area contributed by atoms with Gasteiger partial charge in [-0.05, 0) is 57.2 Å². The van der Waals surface area contributed by atoms with E-state index in [4.69, 9.17) is 15.2 Å². The lowest BCUT2D eigenvalue weighted by Gasteiger charge is -2.34. The molecule has 2 rings (SSSR count). The highest BCUT2D eigenvalue weighted by Gasteiger charge is 2.37. The maximum absolute atomic E-state index is 13.3. The van der Waals surface area contributed by atoms with Gasteiger partial charge in [-0.3, -0.25) is 4.79 Å². The van der Waals surface area contributed by atoms with E-state index in [0.29, 0.717) is 34.7 Å². The van der Waals surface area contributed by atoms with Gasteiger partial charge in [-0.2, -0.15) is 0 Å². The summed E-state index contributed by atoms with van der Waals surface area (Å²) in [5, 5.41) is 11.5. The number of hydrogen-bond acceptors (Lipinski definition) is 5. The van der Waals surface area contributed by atoms with Gasteiger partial charge in [-0.1, -0.05) is 12.5 Å². The average Bonchev–Trinajstić information content (AvgIpc) is 2.67. The van der Waals surface area contributed by atoms with Gasteiger partial charge in [0.1, 0.15) is 5.60 Å². The minimum Gasteiger partial charge on any atom is -0.493 e. The van der Waals surface area contributed by atoms with Crippen molar-refractivity contribution in [2.24, 2.45) is 0 Å². The summed E-state index contributed by atoms with van der Waals surface area (Å²) in [5.41, 5.74) is 6.75. The van der Waals surface area contributed by atoms with Gasteiger partial charge in [0.15, 0.2) is 11.5 Å². The van der Waals surface area contributed by atoms with E-state index in [2.05, 4.69) is 0 Å². The van der Waals surface area contributed by atoms with Crippen molar-refractivity contribution in [1.82, 2.24) is 4.90 Å². The SMILES string of the molecule is CC/C(C)=C(\C(=O)N1CCCCC1)C(C)(O)c1cc(N)c(OC)c(OC)c1. The Hall–Kier alpha value is -2.21. The zero-order chi connectivity index (χ0) is 20.2. The molecular formula is C21H32N2O4. The van der Waals surface area contributed by atoms with Crippen molar-refractivity contribution in [3.63, 3.8) is 0 Å². The third kappa shape index (κ3) is 4.21. The first kappa shape index (κ1) is 21.1. The molecule has 150 valence electrons. The van der Waals surface area contributed by atoms with E-state index in [1.165, 1.54) is 14.2 Å². The minimum atomic E-state index is -1.50. The van der Waals surface area contributed by atoms with Crippen LogP contribution >= 0.6 is 0 Å². The number of methoxy groups -OCH3 is 2. The number of carbonyl (C=O) groups excluding carboxylic acids is 1. The van der Waals surface area contributed by atoms with Gasteiger partial charge in [-0.15, -0.1) is 0 Å². The van der Waals surface area contributed by atoms with Crippen molar-refractivity contribution >= 4 is 11.6 Å².